The first-order valence-electron chi connectivity index (χ1n) is 5.78. The van der Waals surface area contributed by atoms with E-state index >= 15 is 0 Å². The Morgan fingerprint density at radius 3 is 2.74 bits per heavy atom. The highest BCUT2D eigenvalue weighted by Gasteiger charge is 2.32. The van der Waals surface area contributed by atoms with Crippen molar-refractivity contribution in [2.75, 3.05) is 5.32 Å². The predicted octanol–water partition coefficient (Wildman–Crippen LogP) is 2.95. The molecular formula is C13H15N3O2S. The molecule has 0 radical (unpaired) electrons. The lowest BCUT2D eigenvalue weighted by Crippen LogP contribution is -2.28. The van der Waals surface area contributed by atoms with Crippen molar-refractivity contribution in [3.05, 3.63) is 35.1 Å². The summed E-state index contributed by atoms with van der Waals surface area (Å²) < 4.78 is 0. The highest BCUT2D eigenvalue weighted by Crippen LogP contribution is 2.28. The minimum absolute atomic E-state index is 0.549. The van der Waals surface area contributed by atoms with Crippen molar-refractivity contribution >= 4 is 28.1 Å². The summed E-state index contributed by atoms with van der Waals surface area (Å²) in [5, 5.41) is 14.7. The zero-order valence-corrected chi connectivity index (χ0v) is 11.8. The van der Waals surface area contributed by atoms with Gasteiger partial charge in [0.05, 0.1) is 17.6 Å². The third-order valence-corrected chi connectivity index (χ3v) is 3.60. The molecule has 2 aromatic heterocycles. The van der Waals surface area contributed by atoms with Gasteiger partial charge in [-0.05, 0) is 32.9 Å². The van der Waals surface area contributed by atoms with Gasteiger partial charge in [0.1, 0.15) is 5.41 Å². The van der Waals surface area contributed by atoms with Gasteiger partial charge in [-0.1, -0.05) is 0 Å². The fraction of sp³-hybridized carbons (Fsp3) is 0.308. The molecule has 0 aliphatic rings. The maximum atomic E-state index is 11.2. The van der Waals surface area contributed by atoms with Crippen LogP contribution in [0.5, 0.6) is 0 Å². The molecular weight excluding hydrogens is 262 g/mol. The van der Waals surface area contributed by atoms with E-state index in [0.29, 0.717) is 10.8 Å². The summed E-state index contributed by atoms with van der Waals surface area (Å²) in [6, 6.07) is 3.81. The van der Waals surface area contributed by atoms with Crippen molar-refractivity contribution in [3.63, 3.8) is 0 Å². The molecule has 2 N–H and O–H groups in total. The summed E-state index contributed by atoms with van der Waals surface area (Å²) in [6.07, 6.45) is 1.72. The lowest BCUT2D eigenvalue weighted by atomic mass is 9.90. The summed E-state index contributed by atoms with van der Waals surface area (Å²) in [5.41, 5.74) is 1.34. The fourth-order valence-corrected chi connectivity index (χ4v) is 2.29. The predicted molar refractivity (Wildman–Crippen MR) is 75.0 cm³/mol. The van der Waals surface area contributed by atoms with E-state index in [0.717, 1.165) is 11.4 Å². The summed E-state index contributed by atoms with van der Waals surface area (Å²) in [5.74, 6) is -0.888. The third-order valence-electron chi connectivity index (χ3n) is 2.84. The Morgan fingerprint density at radius 2 is 2.16 bits per heavy atom. The van der Waals surface area contributed by atoms with Crippen LogP contribution in [-0.2, 0) is 10.2 Å². The number of hydrogen-bond acceptors (Lipinski definition) is 5. The topological polar surface area (TPSA) is 75.1 Å². The molecule has 0 unspecified atom stereocenters. The van der Waals surface area contributed by atoms with E-state index in [1.54, 1.807) is 25.4 Å². The Morgan fingerprint density at radius 1 is 1.42 bits per heavy atom. The highest BCUT2D eigenvalue weighted by molar-refractivity contribution is 7.13. The van der Waals surface area contributed by atoms with E-state index in [1.165, 1.54) is 11.3 Å². The fourth-order valence-electron chi connectivity index (χ4n) is 1.39. The van der Waals surface area contributed by atoms with Crippen molar-refractivity contribution < 1.29 is 9.90 Å². The van der Waals surface area contributed by atoms with Gasteiger partial charge >= 0.3 is 5.97 Å². The van der Waals surface area contributed by atoms with E-state index in [1.807, 2.05) is 19.1 Å². The Balaban J connectivity index is 2.18. The summed E-state index contributed by atoms with van der Waals surface area (Å²) in [6.45, 7) is 5.20. The molecule has 0 fully saturated rings. The highest BCUT2D eigenvalue weighted by atomic mass is 32.1. The van der Waals surface area contributed by atoms with E-state index in [9.17, 15) is 4.79 Å². The van der Waals surface area contributed by atoms with Crippen LogP contribution in [0.25, 0.3) is 0 Å². The van der Waals surface area contributed by atoms with Gasteiger partial charge in [0.15, 0.2) is 5.13 Å². The molecule has 0 aliphatic carbocycles. The summed E-state index contributed by atoms with van der Waals surface area (Å²) in [4.78, 5) is 19.7. The smallest absolute Gasteiger partial charge is 0.315 e. The monoisotopic (exact) mass is 277 g/mol. The van der Waals surface area contributed by atoms with E-state index in [4.69, 9.17) is 5.11 Å². The largest absolute Gasteiger partial charge is 0.481 e. The number of anilines is 2. The minimum Gasteiger partial charge on any atom is -0.481 e. The van der Waals surface area contributed by atoms with Crippen LogP contribution in [-0.4, -0.2) is 21.0 Å². The van der Waals surface area contributed by atoms with Gasteiger partial charge in [0.2, 0.25) is 0 Å². The molecule has 2 rings (SSSR count). The van der Waals surface area contributed by atoms with Crippen LogP contribution in [0.1, 0.15) is 25.2 Å². The number of thiazole rings is 1. The molecule has 0 saturated carbocycles. The van der Waals surface area contributed by atoms with Crippen LogP contribution >= 0.6 is 11.3 Å². The van der Waals surface area contributed by atoms with Crippen molar-refractivity contribution in [1.82, 2.24) is 9.97 Å². The second-order valence-electron chi connectivity index (χ2n) is 4.78. The van der Waals surface area contributed by atoms with Gasteiger partial charge in [0.25, 0.3) is 0 Å². The molecule has 0 saturated heterocycles. The van der Waals surface area contributed by atoms with Gasteiger partial charge < -0.3 is 10.4 Å². The Hall–Kier alpha value is -1.95. The molecule has 0 spiro atoms. The van der Waals surface area contributed by atoms with Crippen LogP contribution < -0.4 is 5.32 Å². The molecule has 2 aromatic rings. The Labute approximate surface area is 115 Å². The number of hydrogen-bond donors (Lipinski definition) is 2. The number of carboxylic acids is 1. The second-order valence-corrected chi connectivity index (χ2v) is 5.64. The Kier molecular flexibility index (Phi) is 3.53. The summed E-state index contributed by atoms with van der Waals surface area (Å²) in [7, 11) is 0. The molecule has 19 heavy (non-hydrogen) atoms. The van der Waals surface area contributed by atoms with Gasteiger partial charge in [-0.25, -0.2) is 4.98 Å². The normalized spacial score (nSPS) is 11.3. The average molecular weight is 277 g/mol. The quantitative estimate of drug-likeness (QED) is 0.898. The molecule has 0 bridgehead atoms. The zero-order valence-electron chi connectivity index (χ0n) is 11.0. The first-order chi connectivity index (χ1) is 8.89. The number of aryl methyl sites for hydroxylation is 1. The number of aromatic nitrogens is 2. The number of carbonyl (C=O) groups is 1. The second kappa shape index (κ2) is 4.97. The lowest BCUT2D eigenvalue weighted by molar-refractivity contribution is -0.142. The van der Waals surface area contributed by atoms with Crippen LogP contribution in [0.15, 0.2) is 23.7 Å². The van der Waals surface area contributed by atoms with Gasteiger partial charge in [0, 0.05) is 11.1 Å². The molecule has 0 aromatic carbocycles. The van der Waals surface area contributed by atoms with Crippen LogP contribution in [0, 0.1) is 6.92 Å². The Bertz CT molecular complexity index is 590. The number of aliphatic carboxylic acids is 1. The number of nitrogens with zero attached hydrogens (tertiary/aromatic N) is 2. The van der Waals surface area contributed by atoms with Crippen LogP contribution in [0.2, 0.25) is 0 Å². The van der Waals surface area contributed by atoms with Crippen LogP contribution in [0.4, 0.5) is 10.8 Å². The molecule has 5 nitrogen and oxygen atoms in total. The number of carboxylic acid groups (broad SMARTS) is 1. The van der Waals surface area contributed by atoms with Crippen molar-refractivity contribution in [2.24, 2.45) is 0 Å². The lowest BCUT2D eigenvalue weighted by Gasteiger charge is -2.15. The minimum atomic E-state index is -0.984. The van der Waals surface area contributed by atoms with Crippen molar-refractivity contribution in [1.29, 1.82) is 0 Å². The maximum absolute atomic E-state index is 11.2. The molecule has 2 heterocycles. The van der Waals surface area contributed by atoms with Crippen molar-refractivity contribution in [3.8, 4) is 0 Å². The van der Waals surface area contributed by atoms with E-state index in [2.05, 4.69) is 15.3 Å². The molecule has 0 atom stereocenters. The number of nitrogens with one attached hydrogen (secondary N) is 1. The molecule has 100 valence electrons. The van der Waals surface area contributed by atoms with E-state index < -0.39 is 11.4 Å². The molecule has 6 heteroatoms. The average Bonchev–Trinajstić information content (AvgIpc) is 2.81. The maximum Gasteiger partial charge on any atom is 0.315 e. The molecule has 0 amide bonds. The van der Waals surface area contributed by atoms with Gasteiger partial charge in [-0.15, -0.1) is 11.3 Å². The SMILES string of the molecule is Cc1ccc(Nc2nc(C(C)(C)C(=O)O)cs2)cn1. The third kappa shape index (κ3) is 2.90. The first kappa shape index (κ1) is 13.5. The zero-order chi connectivity index (χ0) is 14.0. The first-order valence-corrected chi connectivity index (χ1v) is 6.66. The molecule has 0 aliphatic heterocycles. The van der Waals surface area contributed by atoms with Gasteiger partial charge in [-0.3, -0.25) is 9.78 Å². The van der Waals surface area contributed by atoms with Crippen LogP contribution in [0.3, 0.4) is 0 Å². The number of rotatable bonds is 4. The van der Waals surface area contributed by atoms with E-state index in [-0.39, 0.29) is 0 Å². The van der Waals surface area contributed by atoms with Crippen molar-refractivity contribution in [2.45, 2.75) is 26.2 Å². The van der Waals surface area contributed by atoms with Gasteiger partial charge in [-0.2, -0.15) is 0 Å². The standard InChI is InChI=1S/C13H15N3O2S/c1-8-4-5-9(6-14-8)15-12-16-10(7-19-12)13(2,3)11(17)18/h4-7H,1-3H3,(H,15,16)(H,17,18). The number of pyridine rings is 1. The summed E-state index contributed by atoms with van der Waals surface area (Å²) >= 11 is 1.38.